The van der Waals surface area contributed by atoms with Gasteiger partial charge in [0, 0.05) is 47.6 Å². The molecule has 0 saturated heterocycles. The molecule has 0 spiro atoms. The summed E-state index contributed by atoms with van der Waals surface area (Å²) in [6.07, 6.45) is 4.83. The minimum atomic E-state index is -0.193. The van der Waals surface area contributed by atoms with Gasteiger partial charge in [-0.2, -0.15) is 5.10 Å². The highest BCUT2D eigenvalue weighted by molar-refractivity contribution is 8.01. The van der Waals surface area contributed by atoms with Crippen LogP contribution in [0, 0.1) is 0 Å². The SMILES string of the molecule is COc1ccccc1C(=O)NCC1(c2ccccc2)CCc2nn(SC3=C(C)CNC3C)cc2C1. The molecule has 0 saturated carbocycles. The summed E-state index contributed by atoms with van der Waals surface area (Å²) in [5.41, 5.74) is 5.42. The first-order valence-electron chi connectivity index (χ1n) is 12.1. The maximum Gasteiger partial charge on any atom is 0.255 e. The van der Waals surface area contributed by atoms with Crippen LogP contribution >= 0.6 is 11.9 Å². The van der Waals surface area contributed by atoms with Crippen molar-refractivity contribution >= 4 is 17.9 Å². The van der Waals surface area contributed by atoms with Gasteiger partial charge in [0.1, 0.15) is 5.75 Å². The molecule has 0 fully saturated rings. The van der Waals surface area contributed by atoms with Crippen molar-refractivity contribution in [1.29, 1.82) is 0 Å². The predicted octanol–water partition coefficient (Wildman–Crippen LogP) is 4.51. The second-order valence-electron chi connectivity index (χ2n) is 9.55. The van der Waals surface area contributed by atoms with Crippen molar-refractivity contribution in [1.82, 2.24) is 19.8 Å². The summed E-state index contributed by atoms with van der Waals surface area (Å²) in [6.45, 7) is 5.88. The zero-order chi connectivity index (χ0) is 24.4. The van der Waals surface area contributed by atoms with Crippen LogP contribution in [0.2, 0.25) is 0 Å². The van der Waals surface area contributed by atoms with E-state index < -0.39 is 0 Å². The molecule has 7 heteroatoms. The van der Waals surface area contributed by atoms with Gasteiger partial charge < -0.3 is 15.4 Å². The van der Waals surface area contributed by atoms with Crippen LogP contribution in [-0.2, 0) is 18.3 Å². The van der Waals surface area contributed by atoms with E-state index in [9.17, 15) is 4.79 Å². The standard InChI is InChI=1S/C28H32N4O2S/c1-19-16-29-20(2)26(19)35-32-17-21-15-28(14-13-24(21)31-32,22-9-5-4-6-10-22)18-30-27(33)23-11-7-8-12-25(23)34-3/h4-12,17,20,29H,13-16,18H2,1-3H3,(H,30,33). The number of aromatic nitrogens is 2. The quantitative estimate of drug-likeness (QED) is 0.512. The summed E-state index contributed by atoms with van der Waals surface area (Å²) in [4.78, 5) is 14.5. The molecule has 0 radical (unpaired) electrons. The Kier molecular flexibility index (Phi) is 6.71. The molecule has 3 aromatic rings. The lowest BCUT2D eigenvalue weighted by molar-refractivity contribution is 0.0937. The van der Waals surface area contributed by atoms with Gasteiger partial charge in [0.2, 0.25) is 0 Å². The fourth-order valence-electron chi connectivity index (χ4n) is 5.22. The maximum absolute atomic E-state index is 13.1. The third kappa shape index (κ3) is 4.75. The van der Waals surface area contributed by atoms with Crippen molar-refractivity contribution in [2.45, 2.75) is 44.6 Å². The molecule has 35 heavy (non-hydrogen) atoms. The van der Waals surface area contributed by atoms with Crippen LogP contribution in [0.3, 0.4) is 0 Å². The molecular formula is C28H32N4O2S. The van der Waals surface area contributed by atoms with E-state index in [1.807, 2.05) is 28.4 Å². The molecule has 2 aromatic carbocycles. The average Bonchev–Trinajstić information content (AvgIpc) is 3.44. The molecule has 182 valence electrons. The number of nitrogens with zero attached hydrogens (tertiary/aromatic N) is 2. The first kappa shape index (κ1) is 23.7. The second-order valence-corrected chi connectivity index (χ2v) is 10.5. The third-order valence-corrected chi connectivity index (χ3v) is 8.50. The van der Waals surface area contributed by atoms with Crippen molar-refractivity contribution in [3.63, 3.8) is 0 Å². The number of fused-ring (bicyclic) bond motifs is 1. The van der Waals surface area contributed by atoms with Crippen LogP contribution in [0.4, 0.5) is 0 Å². The van der Waals surface area contributed by atoms with Crippen molar-refractivity contribution in [2.24, 2.45) is 0 Å². The molecule has 1 aliphatic carbocycles. The first-order valence-corrected chi connectivity index (χ1v) is 12.9. The largest absolute Gasteiger partial charge is 0.496 e. The molecule has 2 unspecified atom stereocenters. The number of aryl methyl sites for hydroxylation is 1. The van der Waals surface area contributed by atoms with Gasteiger partial charge in [-0.3, -0.25) is 4.79 Å². The number of hydrogen-bond acceptors (Lipinski definition) is 5. The summed E-state index contributed by atoms with van der Waals surface area (Å²) in [5, 5.41) is 11.6. The minimum Gasteiger partial charge on any atom is -0.496 e. The van der Waals surface area contributed by atoms with Gasteiger partial charge in [0.15, 0.2) is 0 Å². The number of methoxy groups -OCH3 is 1. The predicted molar refractivity (Wildman–Crippen MR) is 141 cm³/mol. The highest BCUT2D eigenvalue weighted by Gasteiger charge is 2.38. The Labute approximate surface area is 211 Å². The summed E-state index contributed by atoms with van der Waals surface area (Å²) >= 11 is 1.72. The minimum absolute atomic E-state index is 0.111. The van der Waals surface area contributed by atoms with Gasteiger partial charge in [-0.05, 0) is 61.9 Å². The van der Waals surface area contributed by atoms with Gasteiger partial charge in [-0.15, -0.1) is 0 Å². The number of carbonyl (C=O) groups excluding carboxylic acids is 1. The van der Waals surface area contributed by atoms with E-state index in [-0.39, 0.29) is 11.3 Å². The number of hydrogen-bond donors (Lipinski definition) is 2. The van der Waals surface area contributed by atoms with E-state index in [4.69, 9.17) is 9.84 Å². The summed E-state index contributed by atoms with van der Waals surface area (Å²) < 4.78 is 7.43. The highest BCUT2D eigenvalue weighted by Crippen LogP contribution is 2.39. The molecular weight excluding hydrogens is 456 g/mol. The topological polar surface area (TPSA) is 68.2 Å². The number of ether oxygens (including phenoxy) is 1. The lowest BCUT2D eigenvalue weighted by atomic mass is 9.69. The molecule has 2 aliphatic rings. The molecule has 2 N–H and O–H groups in total. The fourth-order valence-corrected chi connectivity index (χ4v) is 6.21. The molecule has 2 atom stereocenters. The number of para-hydroxylation sites is 1. The Hall–Kier alpha value is -3.03. The molecule has 6 nitrogen and oxygen atoms in total. The van der Waals surface area contributed by atoms with Crippen LogP contribution in [0.15, 0.2) is 71.3 Å². The van der Waals surface area contributed by atoms with Crippen molar-refractivity contribution in [2.75, 3.05) is 20.2 Å². The monoisotopic (exact) mass is 488 g/mol. The Morgan fingerprint density at radius 1 is 1.23 bits per heavy atom. The Balaban J connectivity index is 1.40. The van der Waals surface area contributed by atoms with E-state index in [0.29, 0.717) is 23.9 Å². The van der Waals surface area contributed by atoms with E-state index in [2.05, 4.69) is 54.9 Å². The third-order valence-electron chi connectivity index (χ3n) is 7.23. The zero-order valence-corrected chi connectivity index (χ0v) is 21.3. The van der Waals surface area contributed by atoms with Gasteiger partial charge in [0.25, 0.3) is 5.91 Å². The maximum atomic E-state index is 13.1. The van der Waals surface area contributed by atoms with Gasteiger partial charge in [0.05, 0.1) is 18.4 Å². The zero-order valence-electron chi connectivity index (χ0n) is 20.5. The number of rotatable bonds is 7. The van der Waals surface area contributed by atoms with Crippen LogP contribution in [-0.4, -0.2) is 41.3 Å². The molecule has 5 rings (SSSR count). The fraction of sp³-hybridized carbons (Fsp3) is 0.357. The number of nitrogens with one attached hydrogen (secondary N) is 2. The van der Waals surface area contributed by atoms with Crippen molar-refractivity contribution in [3.8, 4) is 5.75 Å². The summed E-state index contributed by atoms with van der Waals surface area (Å²) in [5.74, 6) is 0.475. The Bertz CT molecular complexity index is 1250. The van der Waals surface area contributed by atoms with E-state index in [1.165, 1.54) is 21.6 Å². The lowest BCUT2D eigenvalue weighted by Gasteiger charge is -2.37. The van der Waals surface area contributed by atoms with Crippen LogP contribution < -0.4 is 15.4 Å². The molecule has 2 heterocycles. The average molecular weight is 489 g/mol. The summed E-state index contributed by atoms with van der Waals surface area (Å²) in [6, 6.07) is 18.3. The van der Waals surface area contributed by atoms with Crippen molar-refractivity contribution in [3.05, 3.63) is 93.7 Å². The number of benzene rings is 2. The van der Waals surface area contributed by atoms with Crippen LogP contribution in [0.1, 0.15) is 47.4 Å². The normalized spacial score (nSPS) is 21.6. The lowest BCUT2D eigenvalue weighted by Crippen LogP contribution is -2.44. The van der Waals surface area contributed by atoms with Gasteiger partial charge in [-0.1, -0.05) is 42.5 Å². The van der Waals surface area contributed by atoms with Crippen molar-refractivity contribution < 1.29 is 9.53 Å². The molecule has 1 amide bonds. The van der Waals surface area contributed by atoms with Crippen LogP contribution in [0.25, 0.3) is 0 Å². The van der Waals surface area contributed by atoms with E-state index >= 15 is 0 Å². The first-order chi connectivity index (χ1) is 17.0. The van der Waals surface area contributed by atoms with Gasteiger partial charge >= 0.3 is 0 Å². The second kappa shape index (κ2) is 9.91. The molecule has 1 aliphatic heterocycles. The Morgan fingerprint density at radius 3 is 2.74 bits per heavy atom. The number of amides is 1. The van der Waals surface area contributed by atoms with Gasteiger partial charge in [-0.25, -0.2) is 4.09 Å². The van der Waals surface area contributed by atoms with E-state index in [1.54, 1.807) is 25.1 Å². The smallest absolute Gasteiger partial charge is 0.255 e. The van der Waals surface area contributed by atoms with Crippen LogP contribution in [0.5, 0.6) is 5.75 Å². The molecule has 1 aromatic heterocycles. The molecule has 0 bridgehead atoms. The Morgan fingerprint density at radius 2 is 2.00 bits per heavy atom. The highest BCUT2D eigenvalue weighted by atomic mass is 32.2. The van der Waals surface area contributed by atoms with E-state index in [0.717, 1.165) is 31.5 Å². The number of carbonyl (C=O) groups is 1. The summed E-state index contributed by atoms with van der Waals surface area (Å²) in [7, 11) is 1.59.